The number of rotatable bonds is 5. The Balaban J connectivity index is 1.41. The first kappa shape index (κ1) is 16.6. The molecule has 0 radical (unpaired) electrons. The van der Waals surface area contributed by atoms with E-state index in [2.05, 4.69) is 36.1 Å². The molecule has 134 valence electrons. The molecule has 2 atom stereocenters. The zero-order valence-corrected chi connectivity index (χ0v) is 14.7. The highest BCUT2D eigenvalue weighted by atomic mass is 16.5. The Kier molecular flexibility index (Phi) is 4.28. The van der Waals surface area contributed by atoms with E-state index in [-0.39, 0.29) is 5.91 Å². The lowest BCUT2D eigenvalue weighted by Crippen LogP contribution is -2.52. The van der Waals surface area contributed by atoms with E-state index in [0.717, 1.165) is 25.7 Å². The van der Waals surface area contributed by atoms with E-state index in [4.69, 9.17) is 10.5 Å². The van der Waals surface area contributed by atoms with E-state index in [9.17, 15) is 9.59 Å². The van der Waals surface area contributed by atoms with Gasteiger partial charge in [0.1, 0.15) is 12.2 Å². The molecule has 0 aromatic heterocycles. The minimum absolute atomic E-state index is 0.0690. The largest absolute Gasteiger partial charge is 0.367 e. The highest BCUT2D eigenvalue weighted by Crippen LogP contribution is 2.45. The van der Waals surface area contributed by atoms with Crippen molar-refractivity contribution in [3.8, 4) is 0 Å². The maximum atomic E-state index is 13.0. The number of nitrogens with two attached hydrogens (primary N) is 1. The molecule has 25 heavy (non-hydrogen) atoms. The van der Waals surface area contributed by atoms with Crippen molar-refractivity contribution in [2.75, 3.05) is 0 Å². The third kappa shape index (κ3) is 3.17. The number of hydrogen-bond acceptors (Lipinski definition) is 3. The van der Waals surface area contributed by atoms with Gasteiger partial charge in [0.25, 0.3) is 5.91 Å². The number of aryl methyl sites for hydroxylation is 1. The van der Waals surface area contributed by atoms with E-state index < -0.39 is 18.1 Å². The molecule has 5 heteroatoms. The van der Waals surface area contributed by atoms with Gasteiger partial charge in [-0.15, -0.1) is 0 Å². The quantitative estimate of drug-likeness (QED) is 0.892. The van der Waals surface area contributed by atoms with E-state index >= 15 is 0 Å². The molecule has 1 saturated heterocycles. The van der Waals surface area contributed by atoms with Crippen molar-refractivity contribution in [2.24, 2.45) is 5.73 Å². The van der Waals surface area contributed by atoms with Crippen LogP contribution < -0.4 is 5.73 Å². The minimum atomic E-state index is -0.601. The third-order valence-electron chi connectivity index (χ3n) is 5.94. The first-order chi connectivity index (χ1) is 12.0. The van der Waals surface area contributed by atoms with Gasteiger partial charge in [0.05, 0.1) is 0 Å². The van der Waals surface area contributed by atoms with Crippen LogP contribution in [-0.2, 0) is 14.3 Å². The number of carbonyl (C=O) groups excluding carboxylic acids is 2. The molecule has 0 spiro atoms. The van der Waals surface area contributed by atoms with Gasteiger partial charge < -0.3 is 15.4 Å². The number of nitrogens with zero attached hydrogens (tertiary/aromatic N) is 1. The second-order valence-electron chi connectivity index (χ2n) is 7.75. The van der Waals surface area contributed by atoms with Crippen LogP contribution in [0.1, 0.15) is 55.6 Å². The average molecular weight is 342 g/mol. The zero-order valence-electron chi connectivity index (χ0n) is 14.7. The number of primary amides is 1. The van der Waals surface area contributed by atoms with Crippen molar-refractivity contribution in [2.45, 2.75) is 75.7 Å². The summed E-state index contributed by atoms with van der Waals surface area (Å²) in [4.78, 5) is 26.4. The molecular weight excluding hydrogens is 316 g/mol. The fourth-order valence-corrected chi connectivity index (χ4v) is 4.32. The smallest absolute Gasteiger partial charge is 0.252 e. The molecule has 3 aliphatic rings. The summed E-state index contributed by atoms with van der Waals surface area (Å²) in [5.41, 5.74) is 8.06. The molecule has 2 amide bonds. The van der Waals surface area contributed by atoms with Gasteiger partial charge in [-0.2, -0.15) is 0 Å². The van der Waals surface area contributed by atoms with E-state index in [1.807, 2.05) is 0 Å². The fourth-order valence-electron chi connectivity index (χ4n) is 4.32. The van der Waals surface area contributed by atoms with Gasteiger partial charge >= 0.3 is 0 Å². The Morgan fingerprint density at radius 1 is 1.04 bits per heavy atom. The molecule has 3 fully saturated rings. The number of hydrogen-bond donors (Lipinski definition) is 1. The number of benzene rings is 1. The van der Waals surface area contributed by atoms with Gasteiger partial charge in [0, 0.05) is 12.1 Å². The molecule has 2 N–H and O–H groups in total. The summed E-state index contributed by atoms with van der Waals surface area (Å²) in [6.07, 6.45) is 4.29. The van der Waals surface area contributed by atoms with Gasteiger partial charge in [-0.1, -0.05) is 24.3 Å². The lowest BCUT2D eigenvalue weighted by Gasteiger charge is -2.44. The monoisotopic (exact) mass is 342 g/mol. The van der Waals surface area contributed by atoms with Crippen molar-refractivity contribution in [3.63, 3.8) is 0 Å². The van der Waals surface area contributed by atoms with Gasteiger partial charge in [-0.25, -0.2) is 0 Å². The van der Waals surface area contributed by atoms with Gasteiger partial charge in [-0.3, -0.25) is 9.59 Å². The maximum absolute atomic E-state index is 13.0. The van der Waals surface area contributed by atoms with Crippen molar-refractivity contribution >= 4 is 11.8 Å². The molecule has 1 heterocycles. The average Bonchev–Trinajstić information content (AvgIpc) is 3.25. The normalized spacial score (nSPS) is 31.4. The van der Waals surface area contributed by atoms with Crippen molar-refractivity contribution < 1.29 is 14.3 Å². The Bertz CT molecular complexity index is 679. The van der Waals surface area contributed by atoms with Gasteiger partial charge in [-0.05, 0) is 62.5 Å². The van der Waals surface area contributed by atoms with Gasteiger partial charge in [0.2, 0.25) is 5.91 Å². The Labute approximate surface area is 148 Å². The summed E-state index contributed by atoms with van der Waals surface area (Å²) in [6.45, 7) is 2.16. The van der Waals surface area contributed by atoms with Crippen LogP contribution in [0.2, 0.25) is 0 Å². The van der Waals surface area contributed by atoms with Crippen LogP contribution in [0.3, 0.4) is 0 Å². The molecular formula is C20H26N2O3. The molecule has 0 bridgehead atoms. The summed E-state index contributed by atoms with van der Waals surface area (Å²) in [5.74, 6) is 0.152. The maximum Gasteiger partial charge on any atom is 0.252 e. The molecule has 2 unspecified atom stereocenters. The third-order valence-corrected chi connectivity index (χ3v) is 5.94. The first-order valence-electron chi connectivity index (χ1n) is 9.37. The molecule has 2 aliphatic carbocycles. The van der Waals surface area contributed by atoms with Crippen LogP contribution in [0, 0.1) is 6.92 Å². The Morgan fingerprint density at radius 2 is 1.72 bits per heavy atom. The van der Waals surface area contributed by atoms with E-state index in [1.165, 1.54) is 11.1 Å². The molecule has 5 nitrogen and oxygen atoms in total. The predicted octanol–water partition coefficient (Wildman–Crippen LogP) is 2.26. The molecule has 4 rings (SSSR count). The second kappa shape index (κ2) is 6.45. The summed E-state index contributed by atoms with van der Waals surface area (Å²) in [7, 11) is 0. The second-order valence-corrected chi connectivity index (χ2v) is 7.75. The number of carbonyl (C=O) groups is 2. The van der Waals surface area contributed by atoms with Crippen LogP contribution in [0.5, 0.6) is 0 Å². The fraction of sp³-hybridized carbons (Fsp3) is 0.600. The van der Waals surface area contributed by atoms with E-state index in [1.54, 1.807) is 0 Å². The van der Waals surface area contributed by atoms with Crippen LogP contribution in [0.4, 0.5) is 0 Å². The highest BCUT2D eigenvalue weighted by Gasteiger charge is 2.47. The number of amides is 2. The highest BCUT2D eigenvalue weighted by molar-refractivity contribution is 5.85. The minimum Gasteiger partial charge on any atom is -0.367 e. The summed E-state index contributed by atoms with van der Waals surface area (Å²) >= 11 is 0. The summed E-state index contributed by atoms with van der Waals surface area (Å²) < 4.78 is 5.63. The van der Waals surface area contributed by atoms with Crippen LogP contribution in [-0.4, -0.2) is 41.0 Å². The molecule has 1 aromatic carbocycles. The molecule has 1 aliphatic heterocycles. The SMILES string of the molecule is Cc1ccccc1C1CC(N(C(=O)C2CCC(C(N)=O)O2)C2CC2)C1. The Hall–Kier alpha value is -1.88. The van der Waals surface area contributed by atoms with E-state index in [0.29, 0.717) is 30.8 Å². The topological polar surface area (TPSA) is 72.6 Å². The van der Waals surface area contributed by atoms with Crippen molar-refractivity contribution in [1.82, 2.24) is 4.90 Å². The first-order valence-corrected chi connectivity index (χ1v) is 9.37. The summed E-state index contributed by atoms with van der Waals surface area (Å²) in [5, 5.41) is 0. The van der Waals surface area contributed by atoms with Crippen LogP contribution >= 0.6 is 0 Å². The lowest BCUT2D eigenvalue weighted by atomic mass is 9.73. The van der Waals surface area contributed by atoms with Crippen LogP contribution in [0.25, 0.3) is 0 Å². The molecule has 1 aromatic rings. The standard InChI is InChI=1S/C20H26N2O3/c1-12-4-2-3-5-16(12)13-10-15(11-13)22(14-6-7-14)20(24)18-9-8-17(25-18)19(21)23/h2-5,13-15,17-18H,6-11H2,1H3,(H2,21,23). The Morgan fingerprint density at radius 3 is 2.32 bits per heavy atom. The summed E-state index contributed by atoms with van der Waals surface area (Å²) in [6, 6.07) is 9.20. The lowest BCUT2D eigenvalue weighted by molar-refractivity contribution is -0.150. The van der Waals surface area contributed by atoms with Gasteiger partial charge in [0.15, 0.2) is 0 Å². The molecule has 2 saturated carbocycles. The van der Waals surface area contributed by atoms with Crippen LogP contribution in [0.15, 0.2) is 24.3 Å². The zero-order chi connectivity index (χ0) is 17.6. The number of ether oxygens (including phenoxy) is 1. The van der Waals surface area contributed by atoms with Crippen molar-refractivity contribution in [3.05, 3.63) is 35.4 Å². The predicted molar refractivity (Wildman–Crippen MR) is 93.9 cm³/mol. The van der Waals surface area contributed by atoms with Crippen molar-refractivity contribution in [1.29, 1.82) is 0 Å².